The number of rotatable bonds is 7. The predicted molar refractivity (Wildman–Crippen MR) is 123 cm³/mol. The highest BCUT2D eigenvalue weighted by atomic mass is 32.2. The summed E-state index contributed by atoms with van der Waals surface area (Å²) in [6.45, 7) is 8.40. The maximum atomic E-state index is 12.0. The van der Waals surface area contributed by atoms with Crippen molar-refractivity contribution in [2.75, 3.05) is 5.75 Å². The van der Waals surface area contributed by atoms with Gasteiger partial charge in [0.25, 0.3) is 0 Å². The molecule has 3 aromatic rings. The van der Waals surface area contributed by atoms with Crippen LogP contribution in [0.3, 0.4) is 0 Å². The molecule has 4 nitrogen and oxygen atoms in total. The molecule has 0 bridgehead atoms. The van der Waals surface area contributed by atoms with Gasteiger partial charge in [0.2, 0.25) is 5.91 Å². The zero-order chi connectivity index (χ0) is 20.8. The average Bonchev–Trinajstić information content (AvgIpc) is 2.98. The molecule has 0 saturated carbocycles. The van der Waals surface area contributed by atoms with Crippen molar-refractivity contribution in [2.24, 2.45) is 5.10 Å². The minimum Gasteiger partial charge on any atom is -0.318 e. The molecule has 1 aromatic heterocycles. The number of aryl methyl sites for hydroxylation is 3. The van der Waals surface area contributed by atoms with Crippen molar-refractivity contribution in [3.8, 4) is 5.69 Å². The van der Waals surface area contributed by atoms with Gasteiger partial charge in [-0.2, -0.15) is 5.10 Å². The van der Waals surface area contributed by atoms with Crippen LogP contribution >= 0.6 is 11.8 Å². The Morgan fingerprint density at radius 1 is 1.03 bits per heavy atom. The molecule has 2 aromatic carbocycles. The number of hydrazone groups is 1. The van der Waals surface area contributed by atoms with Gasteiger partial charge in [0, 0.05) is 28.4 Å². The molecular weight excluding hydrogens is 378 g/mol. The van der Waals surface area contributed by atoms with Crippen LogP contribution in [0.2, 0.25) is 0 Å². The van der Waals surface area contributed by atoms with Crippen LogP contribution in [0.25, 0.3) is 5.69 Å². The molecule has 150 valence electrons. The Labute approximate surface area is 177 Å². The standard InChI is InChI=1S/C24H27N3OS/c1-17-10-11-23(12-18(17)2)27-19(3)13-22(20(27)4)14-25-26-24(28)16-29-15-21-8-6-5-7-9-21/h5-14H,15-16H2,1-4H3,(H,26,28)/b25-14-. The second-order valence-electron chi connectivity index (χ2n) is 7.20. The first-order valence-corrected chi connectivity index (χ1v) is 10.8. The maximum absolute atomic E-state index is 12.0. The number of carbonyl (C=O) groups is 1. The number of carbonyl (C=O) groups excluding carboxylic acids is 1. The van der Waals surface area contributed by atoms with Gasteiger partial charge in [-0.25, -0.2) is 5.43 Å². The molecule has 0 aliphatic rings. The van der Waals surface area contributed by atoms with E-state index in [2.05, 4.69) is 79.2 Å². The van der Waals surface area contributed by atoms with E-state index in [-0.39, 0.29) is 5.91 Å². The van der Waals surface area contributed by atoms with Crippen molar-refractivity contribution >= 4 is 23.9 Å². The van der Waals surface area contributed by atoms with Crippen molar-refractivity contribution in [1.29, 1.82) is 0 Å². The first kappa shape index (κ1) is 20.9. The molecule has 0 radical (unpaired) electrons. The van der Waals surface area contributed by atoms with E-state index < -0.39 is 0 Å². The fraction of sp³-hybridized carbons (Fsp3) is 0.250. The maximum Gasteiger partial charge on any atom is 0.250 e. The SMILES string of the molecule is Cc1ccc(-n2c(C)cc(/C=N\NC(=O)CSCc3ccccc3)c2C)cc1C. The Hall–Kier alpha value is -2.79. The van der Waals surface area contributed by atoms with Crippen LogP contribution in [0.4, 0.5) is 0 Å². The first-order chi connectivity index (χ1) is 14.0. The molecule has 0 atom stereocenters. The summed E-state index contributed by atoms with van der Waals surface area (Å²) < 4.78 is 2.21. The minimum absolute atomic E-state index is 0.0925. The normalized spacial score (nSPS) is 11.2. The van der Waals surface area contributed by atoms with Crippen LogP contribution in [0, 0.1) is 27.7 Å². The van der Waals surface area contributed by atoms with Crippen molar-refractivity contribution in [3.63, 3.8) is 0 Å². The van der Waals surface area contributed by atoms with Crippen LogP contribution in [0.5, 0.6) is 0 Å². The lowest BCUT2D eigenvalue weighted by Crippen LogP contribution is -2.19. The molecule has 0 aliphatic carbocycles. The van der Waals surface area contributed by atoms with Crippen molar-refractivity contribution < 1.29 is 4.79 Å². The zero-order valence-corrected chi connectivity index (χ0v) is 18.2. The highest BCUT2D eigenvalue weighted by molar-refractivity contribution is 7.99. The van der Waals surface area contributed by atoms with Crippen LogP contribution in [-0.2, 0) is 10.5 Å². The van der Waals surface area contributed by atoms with E-state index >= 15 is 0 Å². The fourth-order valence-electron chi connectivity index (χ4n) is 3.22. The van der Waals surface area contributed by atoms with Gasteiger partial charge in [-0.1, -0.05) is 36.4 Å². The number of nitrogens with one attached hydrogen (secondary N) is 1. The van der Waals surface area contributed by atoms with Crippen LogP contribution in [0.15, 0.2) is 59.7 Å². The summed E-state index contributed by atoms with van der Waals surface area (Å²) in [4.78, 5) is 12.0. The van der Waals surface area contributed by atoms with Crippen LogP contribution in [-0.4, -0.2) is 22.4 Å². The van der Waals surface area contributed by atoms with E-state index in [1.807, 2.05) is 18.2 Å². The number of benzene rings is 2. The summed E-state index contributed by atoms with van der Waals surface area (Å²) in [6, 6.07) is 18.7. The summed E-state index contributed by atoms with van der Waals surface area (Å²) >= 11 is 1.58. The molecule has 0 saturated heterocycles. The Kier molecular flexibility index (Phi) is 6.94. The van der Waals surface area contributed by atoms with E-state index in [0.29, 0.717) is 5.75 Å². The molecule has 1 N–H and O–H groups in total. The summed E-state index contributed by atoms with van der Waals surface area (Å²) in [5.41, 5.74) is 10.8. The topological polar surface area (TPSA) is 46.4 Å². The quantitative estimate of drug-likeness (QED) is 0.439. The van der Waals surface area contributed by atoms with E-state index in [4.69, 9.17) is 0 Å². The predicted octanol–water partition coefficient (Wildman–Crippen LogP) is 5.09. The highest BCUT2D eigenvalue weighted by Gasteiger charge is 2.10. The summed E-state index contributed by atoms with van der Waals surface area (Å²) in [7, 11) is 0. The Bertz CT molecular complexity index is 1020. The van der Waals surface area contributed by atoms with Gasteiger partial charge in [0.1, 0.15) is 0 Å². The van der Waals surface area contributed by atoms with Gasteiger partial charge < -0.3 is 4.57 Å². The monoisotopic (exact) mass is 405 g/mol. The van der Waals surface area contributed by atoms with Gasteiger partial charge in [-0.05, 0) is 62.6 Å². The first-order valence-electron chi connectivity index (χ1n) is 9.66. The van der Waals surface area contributed by atoms with Crippen LogP contribution < -0.4 is 5.43 Å². The third kappa shape index (κ3) is 5.39. The number of hydrogen-bond donors (Lipinski definition) is 1. The van der Waals surface area contributed by atoms with Gasteiger partial charge in [-0.3, -0.25) is 4.79 Å². The van der Waals surface area contributed by atoms with E-state index in [0.717, 1.165) is 28.4 Å². The van der Waals surface area contributed by atoms with Gasteiger partial charge in [0.05, 0.1) is 12.0 Å². The molecule has 0 fully saturated rings. The second-order valence-corrected chi connectivity index (χ2v) is 8.19. The Balaban J connectivity index is 1.59. The van der Waals surface area contributed by atoms with Gasteiger partial charge in [-0.15, -0.1) is 11.8 Å². The molecular formula is C24H27N3OS. The summed E-state index contributed by atoms with van der Waals surface area (Å²) in [5.74, 6) is 1.10. The summed E-state index contributed by atoms with van der Waals surface area (Å²) in [5, 5.41) is 4.16. The number of nitrogens with zero attached hydrogens (tertiary/aromatic N) is 2. The smallest absolute Gasteiger partial charge is 0.250 e. The fourth-order valence-corrected chi connectivity index (χ4v) is 4.00. The molecule has 29 heavy (non-hydrogen) atoms. The molecule has 0 spiro atoms. The van der Waals surface area contributed by atoms with E-state index in [9.17, 15) is 4.79 Å². The van der Waals surface area contributed by atoms with Gasteiger partial charge >= 0.3 is 0 Å². The lowest BCUT2D eigenvalue weighted by Gasteiger charge is -2.11. The molecule has 0 unspecified atom stereocenters. The molecule has 0 aliphatic heterocycles. The lowest BCUT2D eigenvalue weighted by molar-refractivity contribution is -0.118. The molecule has 1 amide bonds. The number of hydrogen-bond acceptors (Lipinski definition) is 3. The largest absolute Gasteiger partial charge is 0.318 e. The second kappa shape index (κ2) is 9.61. The van der Waals surface area contributed by atoms with Crippen LogP contribution in [0.1, 0.15) is 33.6 Å². The molecule has 3 rings (SSSR count). The number of thioether (sulfide) groups is 1. The third-order valence-electron chi connectivity index (χ3n) is 4.96. The van der Waals surface area contributed by atoms with E-state index in [1.54, 1.807) is 18.0 Å². The summed E-state index contributed by atoms with van der Waals surface area (Å²) in [6.07, 6.45) is 1.72. The van der Waals surface area contributed by atoms with Crippen molar-refractivity contribution in [1.82, 2.24) is 9.99 Å². The Morgan fingerprint density at radius 3 is 2.52 bits per heavy atom. The molecule has 5 heteroatoms. The Morgan fingerprint density at radius 2 is 1.79 bits per heavy atom. The number of aromatic nitrogens is 1. The van der Waals surface area contributed by atoms with Gasteiger partial charge in [0.15, 0.2) is 0 Å². The van der Waals surface area contributed by atoms with Crippen molar-refractivity contribution in [2.45, 2.75) is 33.4 Å². The lowest BCUT2D eigenvalue weighted by atomic mass is 10.1. The average molecular weight is 406 g/mol. The molecule has 1 heterocycles. The zero-order valence-electron chi connectivity index (χ0n) is 17.4. The minimum atomic E-state index is -0.0925. The highest BCUT2D eigenvalue weighted by Crippen LogP contribution is 2.21. The third-order valence-corrected chi connectivity index (χ3v) is 5.96. The van der Waals surface area contributed by atoms with E-state index in [1.165, 1.54) is 16.7 Å². The number of amides is 1. The van der Waals surface area contributed by atoms with Crippen molar-refractivity contribution in [3.05, 3.63) is 88.2 Å².